The Bertz CT molecular complexity index is 907. The van der Waals surface area contributed by atoms with E-state index in [1.54, 1.807) is 0 Å². The van der Waals surface area contributed by atoms with Gasteiger partial charge in [-0.25, -0.2) is 9.67 Å². The molecule has 3 aromatic rings. The van der Waals surface area contributed by atoms with E-state index >= 15 is 0 Å². The third-order valence-electron chi connectivity index (χ3n) is 5.78. The molecule has 0 bridgehead atoms. The highest BCUT2D eigenvalue weighted by atomic mass is 15.3. The number of aromatic nitrogens is 4. The number of hydrogen-bond acceptors (Lipinski definition) is 3. The van der Waals surface area contributed by atoms with Gasteiger partial charge >= 0.3 is 0 Å². The van der Waals surface area contributed by atoms with Crippen molar-refractivity contribution in [3.8, 4) is 5.69 Å². The highest BCUT2D eigenvalue weighted by Crippen LogP contribution is 2.21. The fourth-order valence-corrected chi connectivity index (χ4v) is 4.03. The average Bonchev–Trinajstić information content (AvgIpc) is 3.27. The van der Waals surface area contributed by atoms with E-state index < -0.39 is 0 Å². The van der Waals surface area contributed by atoms with Gasteiger partial charge in [-0.3, -0.25) is 4.90 Å². The standard InChI is InChI=1S/C22H29N5/c1-17-6-7-22(11-18(17)2)27-16-21(12-24-27)14-25-9-4-5-20(13-25)15-26-10-8-23-19(26)3/h6-8,10-12,16,20H,4-5,9,13-15H2,1-3H3/t20-/m1/s1. The number of rotatable bonds is 5. The molecule has 3 heterocycles. The number of imidazole rings is 1. The van der Waals surface area contributed by atoms with E-state index in [1.807, 2.05) is 17.1 Å². The zero-order chi connectivity index (χ0) is 18.8. The van der Waals surface area contributed by atoms with E-state index in [0.29, 0.717) is 5.92 Å². The molecule has 0 amide bonds. The Hall–Kier alpha value is -2.40. The second kappa shape index (κ2) is 7.69. The van der Waals surface area contributed by atoms with Crippen LogP contribution in [0.4, 0.5) is 0 Å². The summed E-state index contributed by atoms with van der Waals surface area (Å²) in [7, 11) is 0. The van der Waals surface area contributed by atoms with Gasteiger partial charge in [-0.15, -0.1) is 0 Å². The quantitative estimate of drug-likeness (QED) is 0.690. The molecular weight excluding hydrogens is 334 g/mol. The van der Waals surface area contributed by atoms with Crippen LogP contribution in [0.5, 0.6) is 0 Å². The van der Waals surface area contributed by atoms with Crippen LogP contribution >= 0.6 is 0 Å². The number of aryl methyl sites for hydroxylation is 3. The summed E-state index contributed by atoms with van der Waals surface area (Å²) in [4.78, 5) is 6.92. The molecule has 2 aromatic heterocycles. The summed E-state index contributed by atoms with van der Waals surface area (Å²) in [6.07, 6.45) is 10.8. The minimum Gasteiger partial charge on any atom is -0.335 e. The third kappa shape index (κ3) is 4.14. The van der Waals surface area contributed by atoms with Gasteiger partial charge < -0.3 is 4.57 Å². The minimum atomic E-state index is 0.696. The maximum atomic E-state index is 4.59. The number of piperidine rings is 1. The Morgan fingerprint density at radius 1 is 1.15 bits per heavy atom. The third-order valence-corrected chi connectivity index (χ3v) is 5.78. The average molecular weight is 364 g/mol. The van der Waals surface area contributed by atoms with Gasteiger partial charge in [-0.1, -0.05) is 6.07 Å². The van der Waals surface area contributed by atoms with Gasteiger partial charge in [0.25, 0.3) is 0 Å². The van der Waals surface area contributed by atoms with E-state index in [2.05, 4.69) is 70.9 Å². The Morgan fingerprint density at radius 3 is 2.81 bits per heavy atom. The van der Waals surface area contributed by atoms with Crippen molar-refractivity contribution >= 4 is 0 Å². The summed E-state index contributed by atoms with van der Waals surface area (Å²) in [5.41, 5.74) is 5.04. The molecule has 0 spiro atoms. The van der Waals surface area contributed by atoms with Crippen molar-refractivity contribution in [2.24, 2.45) is 5.92 Å². The van der Waals surface area contributed by atoms with Crippen molar-refractivity contribution in [2.45, 2.75) is 46.7 Å². The van der Waals surface area contributed by atoms with Gasteiger partial charge in [0, 0.05) is 43.8 Å². The molecule has 4 rings (SSSR count). The Morgan fingerprint density at radius 2 is 2.04 bits per heavy atom. The van der Waals surface area contributed by atoms with Crippen molar-refractivity contribution in [3.05, 3.63) is 65.5 Å². The first-order valence-electron chi connectivity index (χ1n) is 9.90. The van der Waals surface area contributed by atoms with Gasteiger partial charge in [0.2, 0.25) is 0 Å². The predicted octanol–water partition coefficient (Wildman–Crippen LogP) is 3.91. The molecule has 1 aliphatic heterocycles. The molecule has 1 aromatic carbocycles. The largest absolute Gasteiger partial charge is 0.335 e. The lowest BCUT2D eigenvalue weighted by Gasteiger charge is -2.32. The molecule has 142 valence electrons. The summed E-state index contributed by atoms with van der Waals surface area (Å²) >= 11 is 0. The Labute approximate surface area is 161 Å². The lowest BCUT2D eigenvalue weighted by atomic mass is 9.97. The van der Waals surface area contributed by atoms with E-state index in [0.717, 1.165) is 31.1 Å². The molecule has 27 heavy (non-hydrogen) atoms. The lowest BCUT2D eigenvalue weighted by molar-refractivity contribution is 0.155. The number of hydrogen-bond donors (Lipinski definition) is 0. The Kier molecular flexibility index (Phi) is 5.12. The highest BCUT2D eigenvalue weighted by Gasteiger charge is 2.21. The molecule has 5 heteroatoms. The number of nitrogens with zero attached hydrogens (tertiary/aromatic N) is 5. The second-order valence-corrected chi connectivity index (χ2v) is 7.93. The normalized spacial score (nSPS) is 18.1. The van der Waals surface area contributed by atoms with Gasteiger partial charge in [0.15, 0.2) is 0 Å². The van der Waals surface area contributed by atoms with Crippen LogP contribution in [0, 0.1) is 26.7 Å². The van der Waals surface area contributed by atoms with Gasteiger partial charge in [-0.05, 0) is 69.3 Å². The molecule has 1 saturated heterocycles. The molecule has 1 aliphatic rings. The zero-order valence-corrected chi connectivity index (χ0v) is 16.6. The van der Waals surface area contributed by atoms with E-state index in [9.17, 15) is 0 Å². The summed E-state index contributed by atoms with van der Waals surface area (Å²) in [5, 5.41) is 4.59. The van der Waals surface area contributed by atoms with Crippen LogP contribution in [0.25, 0.3) is 5.69 Å². The van der Waals surface area contributed by atoms with Crippen LogP contribution < -0.4 is 0 Å². The fourth-order valence-electron chi connectivity index (χ4n) is 4.03. The molecule has 0 aliphatic carbocycles. The first-order valence-corrected chi connectivity index (χ1v) is 9.90. The van der Waals surface area contributed by atoms with Crippen LogP contribution in [-0.2, 0) is 13.1 Å². The molecule has 1 fully saturated rings. The first kappa shape index (κ1) is 18.0. The van der Waals surface area contributed by atoms with Gasteiger partial charge in [0.05, 0.1) is 11.9 Å². The summed E-state index contributed by atoms with van der Waals surface area (Å²) in [6.45, 7) is 10.8. The fraction of sp³-hybridized carbons (Fsp3) is 0.455. The molecule has 1 atom stereocenters. The molecule has 0 N–H and O–H groups in total. The van der Waals surface area contributed by atoms with Gasteiger partial charge in [0.1, 0.15) is 5.82 Å². The smallest absolute Gasteiger partial charge is 0.105 e. The monoisotopic (exact) mass is 363 g/mol. The van der Waals surface area contributed by atoms with Crippen LogP contribution in [0.15, 0.2) is 43.0 Å². The maximum Gasteiger partial charge on any atom is 0.105 e. The van der Waals surface area contributed by atoms with Crippen LogP contribution in [0.2, 0.25) is 0 Å². The van der Waals surface area contributed by atoms with Crippen LogP contribution in [0.1, 0.15) is 35.4 Å². The Balaban J connectivity index is 1.39. The highest BCUT2D eigenvalue weighted by molar-refractivity contribution is 5.39. The lowest BCUT2D eigenvalue weighted by Crippen LogP contribution is -2.36. The molecule has 0 unspecified atom stereocenters. The van der Waals surface area contributed by atoms with E-state index in [-0.39, 0.29) is 0 Å². The van der Waals surface area contributed by atoms with Crippen LogP contribution in [0.3, 0.4) is 0 Å². The van der Waals surface area contributed by atoms with Gasteiger partial charge in [-0.2, -0.15) is 5.10 Å². The topological polar surface area (TPSA) is 38.9 Å². The van der Waals surface area contributed by atoms with Crippen molar-refractivity contribution in [1.82, 2.24) is 24.2 Å². The number of benzene rings is 1. The van der Waals surface area contributed by atoms with E-state index in [4.69, 9.17) is 0 Å². The molecule has 5 nitrogen and oxygen atoms in total. The molecular formula is C22H29N5. The van der Waals surface area contributed by atoms with Crippen LogP contribution in [-0.4, -0.2) is 37.3 Å². The summed E-state index contributed by atoms with van der Waals surface area (Å²) in [5.74, 6) is 1.81. The summed E-state index contributed by atoms with van der Waals surface area (Å²) in [6, 6.07) is 6.51. The molecule has 0 saturated carbocycles. The maximum absolute atomic E-state index is 4.59. The zero-order valence-electron chi connectivity index (χ0n) is 16.6. The minimum absolute atomic E-state index is 0.696. The molecule has 0 radical (unpaired) electrons. The SMILES string of the molecule is Cc1ccc(-n2cc(CN3CCC[C@@H](Cn4ccnc4C)C3)cn2)cc1C. The predicted molar refractivity (Wildman–Crippen MR) is 108 cm³/mol. The van der Waals surface area contributed by atoms with Crippen molar-refractivity contribution in [2.75, 3.05) is 13.1 Å². The van der Waals surface area contributed by atoms with Crippen molar-refractivity contribution in [3.63, 3.8) is 0 Å². The first-order chi connectivity index (χ1) is 13.1. The van der Waals surface area contributed by atoms with Crippen molar-refractivity contribution < 1.29 is 0 Å². The van der Waals surface area contributed by atoms with E-state index in [1.165, 1.54) is 36.1 Å². The second-order valence-electron chi connectivity index (χ2n) is 7.93. The number of likely N-dealkylation sites (tertiary alicyclic amines) is 1. The summed E-state index contributed by atoms with van der Waals surface area (Å²) < 4.78 is 4.28. The van der Waals surface area contributed by atoms with Crippen molar-refractivity contribution in [1.29, 1.82) is 0 Å².